The average Bonchev–Trinajstić information content (AvgIpc) is 3.06. The van der Waals surface area contributed by atoms with Crippen LogP contribution >= 0.6 is 22.9 Å². The first-order valence-electron chi connectivity index (χ1n) is 9.46. The van der Waals surface area contributed by atoms with Crippen molar-refractivity contribution < 1.29 is 9.53 Å². The van der Waals surface area contributed by atoms with Crippen LogP contribution in [0.5, 0.6) is 0 Å². The fourth-order valence-electron chi connectivity index (χ4n) is 3.59. The molecular formula is C21H24ClN3O3S. The number of halogens is 1. The minimum absolute atomic E-state index is 0.249. The summed E-state index contributed by atoms with van der Waals surface area (Å²) in [5.41, 5.74) is 1.22. The Balaban J connectivity index is 1.93. The molecule has 0 saturated heterocycles. The van der Waals surface area contributed by atoms with Gasteiger partial charge in [0.25, 0.3) is 5.56 Å². The minimum Gasteiger partial charge on any atom is -0.465 e. The van der Waals surface area contributed by atoms with Crippen LogP contribution in [0, 0.1) is 6.92 Å². The summed E-state index contributed by atoms with van der Waals surface area (Å²) in [5.74, 6) is 0.0729. The van der Waals surface area contributed by atoms with E-state index < -0.39 is 5.97 Å². The molecule has 0 spiro atoms. The first-order valence-corrected chi connectivity index (χ1v) is 10.7. The molecule has 3 aromatic rings. The van der Waals surface area contributed by atoms with Crippen LogP contribution < -0.4 is 10.9 Å². The van der Waals surface area contributed by atoms with E-state index in [0.717, 1.165) is 18.4 Å². The van der Waals surface area contributed by atoms with Gasteiger partial charge in [0, 0.05) is 10.6 Å². The lowest BCUT2D eigenvalue weighted by molar-refractivity contribution is 0.0605. The SMILES string of the molecule is CCC(CC)(NCc1nc2sc(C(=O)OC)c(C)c2c(=O)[nH]1)c1ccc(Cl)cc1. The molecule has 29 heavy (non-hydrogen) atoms. The number of methoxy groups -OCH3 is 1. The summed E-state index contributed by atoms with van der Waals surface area (Å²) in [6.07, 6.45) is 1.73. The van der Waals surface area contributed by atoms with Crippen LogP contribution in [0.1, 0.15) is 53.3 Å². The number of thiophene rings is 1. The van der Waals surface area contributed by atoms with Crippen LogP contribution in [0.25, 0.3) is 10.2 Å². The van der Waals surface area contributed by atoms with Crippen LogP contribution in [0.4, 0.5) is 0 Å². The molecule has 2 aromatic heterocycles. The highest BCUT2D eigenvalue weighted by Crippen LogP contribution is 2.31. The number of hydrogen-bond donors (Lipinski definition) is 2. The first kappa shape index (κ1) is 21.5. The number of esters is 1. The number of aryl methyl sites for hydroxylation is 1. The predicted molar refractivity (Wildman–Crippen MR) is 117 cm³/mol. The van der Waals surface area contributed by atoms with Gasteiger partial charge in [0.2, 0.25) is 0 Å². The lowest BCUT2D eigenvalue weighted by Gasteiger charge is -2.33. The van der Waals surface area contributed by atoms with Crippen LogP contribution in [0.3, 0.4) is 0 Å². The van der Waals surface area contributed by atoms with Crippen molar-refractivity contribution >= 4 is 39.1 Å². The molecule has 1 aromatic carbocycles. The number of nitrogens with one attached hydrogen (secondary N) is 2. The van der Waals surface area contributed by atoms with E-state index in [9.17, 15) is 9.59 Å². The van der Waals surface area contributed by atoms with Gasteiger partial charge in [-0.1, -0.05) is 37.6 Å². The average molecular weight is 434 g/mol. The third kappa shape index (κ3) is 4.08. The van der Waals surface area contributed by atoms with E-state index in [1.165, 1.54) is 18.4 Å². The Morgan fingerprint density at radius 3 is 2.52 bits per heavy atom. The molecule has 0 bridgehead atoms. The van der Waals surface area contributed by atoms with Crippen LogP contribution in [0.2, 0.25) is 5.02 Å². The molecular weight excluding hydrogens is 410 g/mol. The van der Waals surface area contributed by atoms with E-state index in [1.54, 1.807) is 6.92 Å². The molecule has 0 aliphatic heterocycles. The van der Waals surface area contributed by atoms with Gasteiger partial charge in [0.1, 0.15) is 15.5 Å². The highest BCUT2D eigenvalue weighted by molar-refractivity contribution is 7.20. The van der Waals surface area contributed by atoms with Crippen molar-refractivity contribution in [1.82, 2.24) is 15.3 Å². The molecule has 0 unspecified atom stereocenters. The van der Waals surface area contributed by atoms with Gasteiger partial charge in [0.15, 0.2) is 0 Å². The summed E-state index contributed by atoms with van der Waals surface area (Å²) in [7, 11) is 1.32. The molecule has 0 amide bonds. The molecule has 0 aliphatic rings. The van der Waals surface area contributed by atoms with Crippen molar-refractivity contribution in [2.45, 2.75) is 45.7 Å². The number of fused-ring (bicyclic) bond motifs is 1. The Labute approximate surface area is 178 Å². The van der Waals surface area contributed by atoms with Crippen molar-refractivity contribution in [1.29, 1.82) is 0 Å². The number of nitrogens with zero attached hydrogens (tertiary/aromatic N) is 1. The van der Waals surface area contributed by atoms with E-state index in [4.69, 9.17) is 16.3 Å². The maximum atomic E-state index is 12.6. The Morgan fingerprint density at radius 1 is 1.28 bits per heavy atom. The van der Waals surface area contributed by atoms with Gasteiger partial charge < -0.3 is 15.0 Å². The summed E-state index contributed by atoms with van der Waals surface area (Å²) in [6.45, 7) is 6.37. The molecule has 2 heterocycles. The molecule has 0 atom stereocenters. The predicted octanol–water partition coefficient (Wildman–Crippen LogP) is 4.54. The maximum absolute atomic E-state index is 12.6. The van der Waals surface area contributed by atoms with E-state index >= 15 is 0 Å². The number of H-pyrrole nitrogens is 1. The lowest BCUT2D eigenvalue weighted by Crippen LogP contribution is -2.41. The zero-order valence-electron chi connectivity index (χ0n) is 16.9. The van der Waals surface area contributed by atoms with E-state index in [2.05, 4.69) is 29.1 Å². The van der Waals surface area contributed by atoms with Gasteiger partial charge in [-0.25, -0.2) is 9.78 Å². The fourth-order valence-corrected chi connectivity index (χ4v) is 4.84. The lowest BCUT2D eigenvalue weighted by atomic mass is 9.84. The van der Waals surface area contributed by atoms with Crippen molar-refractivity contribution in [3.63, 3.8) is 0 Å². The maximum Gasteiger partial charge on any atom is 0.348 e. The van der Waals surface area contributed by atoms with Crippen molar-refractivity contribution in [2.75, 3.05) is 7.11 Å². The van der Waals surface area contributed by atoms with Gasteiger partial charge >= 0.3 is 5.97 Å². The van der Waals surface area contributed by atoms with Gasteiger partial charge in [-0.2, -0.15) is 0 Å². The van der Waals surface area contributed by atoms with Gasteiger partial charge in [-0.05, 0) is 43.0 Å². The summed E-state index contributed by atoms with van der Waals surface area (Å²) in [6, 6.07) is 7.81. The number of rotatable bonds is 7. The third-order valence-corrected chi connectivity index (χ3v) is 6.84. The van der Waals surface area contributed by atoms with Gasteiger partial charge in [-0.15, -0.1) is 11.3 Å². The molecule has 0 radical (unpaired) electrons. The Hall–Kier alpha value is -2.22. The normalized spacial score (nSPS) is 11.8. The van der Waals surface area contributed by atoms with Crippen molar-refractivity contribution in [3.05, 3.63) is 61.5 Å². The first-order chi connectivity index (χ1) is 13.8. The molecule has 3 rings (SSSR count). The quantitative estimate of drug-likeness (QED) is 0.534. The second-order valence-electron chi connectivity index (χ2n) is 6.89. The highest BCUT2D eigenvalue weighted by Gasteiger charge is 2.28. The molecule has 0 fully saturated rings. The standard InChI is InChI=1S/C21H24ClN3O3S/c1-5-21(6-2,13-7-9-14(22)10-8-13)23-11-15-24-18(26)16-12(3)17(20(27)28-4)29-19(16)25-15/h7-10,23H,5-6,11H2,1-4H3,(H,24,25,26). The van der Waals surface area contributed by atoms with Crippen molar-refractivity contribution in [3.8, 4) is 0 Å². The summed E-state index contributed by atoms with van der Waals surface area (Å²) in [5, 5.41) is 4.70. The highest BCUT2D eigenvalue weighted by atomic mass is 35.5. The summed E-state index contributed by atoms with van der Waals surface area (Å²) >= 11 is 7.22. The molecule has 6 nitrogen and oxygen atoms in total. The molecule has 0 saturated carbocycles. The zero-order valence-corrected chi connectivity index (χ0v) is 18.5. The van der Waals surface area contributed by atoms with Crippen LogP contribution in [-0.4, -0.2) is 23.0 Å². The number of benzene rings is 1. The number of aromatic nitrogens is 2. The Morgan fingerprint density at radius 2 is 1.93 bits per heavy atom. The number of ether oxygens (including phenoxy) is 1. The smallest absolute Gasteiger partial charge is 0.348 e. The second kappa shape index (κ2) is 8.65. The van der Waals surface area contributed by atoms with Gasteiger partial charge in [0.05, 0.1) is 19.0 Å². The number of carbonyl (C=O) groups is 1. The topological polar surface area (TPSA) is 84.1 Å². The Kier molecular flexibility index (Phi) is 6.41. The van der Waals surface area contributed by atoms with E-state index in [1.807, 2.05) is 24.3 Å². The third-order valence-electron chi connectivity index (χ3n) is 5.42. The molecule has 0 aliphatic carbocycles. The second-order valence-corrected chi connectivity index (χ2v) is 8.33. The van der Waals surface area contributed by atoms with Crippen LogP contribution in [0.15, 0.2) is 29.1 Å². The summed E-state index contributed by atoms with van der Waals surface area (Å²) in [4.78, 5) is 32.9. The zero-order chi connectivity index (χ0) is 21.2. The Bertz CT molecular complexity index is 1080. The number of hydrogen-bond acceptors (Lipinski definition) is 6. The van der Waals surface area contributed by atoms with Gasteiger partial charge in [-0.3, -0.25) is 4.79 Å². The summed E-state index contributed by atoms with van der Waals surface area (Å²) < 4.78 is 4.81. The van der Waals surface area contributed by atoms with Crippen molar-refractivity contribution in [2.24, 2.45) is 0 Å². The van der Waals surface area contributed by atoms with Crippen LogP contribution in [-0.2, 0) is 16.8 Å². The monoisotopic (exact) mass is 433 g/mol. The number of carbonyl (C=O) groups excluding carboxylic acids is 1. The molecule has 8 heteroatoms. The largest absolute Gasteiger partial charge is 0.465 e. The fraction of sp³-hybridized carbons (Fsp3) is 0.381. The number of aromatic amines is 1. The van der Waals surface area contributed by atoms with E-state index in [-0.39, 0.29) is 11.1 Å². The minimum atomic E-state index is -0.455. The molecule has 2 N–H and O–H groups in total. The van der Waals surface area contributed by atoms with E-state index in [0.29, 0.717) is 38.0 Å². The molecule has 154 valence electrons.